The van der Waals surface area contributed by atoms with Gasteiger partial charge in [-0.3, -0.25) is 4.68 Å². The molecule has 1 aromatic heterocycles. The van der Waals surface area contributed by atoms with Crippen LogP contribution in [0.2, 0.25) is 0 Å². The van der Waals surface area contributed by atoms with Crippen molar-refractivity contribution < 1.29 is 26.0 Å². The molecule has 0 radical (unpaired) electrons. The molecule has 0 unspecified atom stereocenters. The maximum atomic E-state index is 14.3. The fourth-order valence-corrected chi connectivity index (χ4v) is 3.75. The summed E-state index contributed by atoms with van der Waals surface area (Å²) in [7, 11) is -0.535. The molecule has 3 rings (SSSR count). The molecule has 0 amide bonds. The van der Waals surface area contributed by atoms with Crippen molar-refractivity contribution in [3.05, 3.63) is 59.5 Å². The zero-order valence-corrected chi connectivity index (χ0v) is 18.4. The number of hydrogen-bond donors (Lipinski definition) is 1. The zero-order valence-electron chi connectivity index (χ0n) is 17.6. The average molecular weight is 470 g/mol. The highest BCUT2D eigenvalue weighted by molar-refractivity contribution is 7.89. The van der Waals surface area contributed by atoms with Crippen molar-refractivity contribution in [1.82, 2.24) is 14.7 Å². The van der Waals surface area contributed by atoms with Crippen LogP contribution in [0.25, 0.3) is 22.4 Å². The maximum absolute atomic E-state index is 14.3. The first-order chi connectivity index (χ1) is 14.8. The van der Waals surface area contributed by atoms with E-state index in [0.29, 0.717) is 5.56 Å². The largest absolute Gasteiger partial charge is 0.433 e. The molecule has 0 spiro atoms. The molecular formula is C21H22F4N4O2S. The number of hydrogen-bond acceptors (Lipinski definition) is 4. The number of nitrogens with zero attached hydrogens (tertiary/aromatic N) is 3. The molecule has 0 fully saturated rings. The van der Waals surface area contributed by atoms with E-state index in [9.17, 15) is 26.0 Å². The van der Waals surface area contributed by atoms with Gasteiger partial charge in [0.05, 0.1) is 11.4 Å². The van der Waals surface area contributed by atoms with Gasteiger partial charge in [0.25, 0.3) is 0 Å². The van der Waals surface area contributed by atoms with Crippen molar-refractivity contribution in [3.8, 4) is 22.4 Å². The third kappa shape index (κ3) is 5.00. The van der Waals surface area contributed by atoms with Gasteiger partial charge < -0.3 is 4.90 Å². The van der Waals surface area contributed by atoms with E-state index in [1.54, 1.807) is 19.0 Å². The zero-order chi connectivity index (χ0) is 23.8. The highest BCUT2D eigenvalue weighted by Gasteiger charge is 2.40. The van der Waals surface area contributed by atoms with Gasteiger partial charge in [-0.1, -0.05) is 24.3 Å². The summed E-state index contributed by atoms with van der Waals surface area (Å²) in [4.78, 5) is 1.53. The second-order valence-electron chi connectivity index (χ2n) is 7.63. The second kappa shape index (κ2) is 8.64. The van der Waals surface area contributed by atoms with E-state index in [1.807, 2.05) is 0 Å². The lowest BCUT2D eigenvalue weighted by molar-refractivity contribution is -0.143. The van der Waals surface area contributed by atoms with Crippen LogP contribution in [-0.4, -0.2) is 43.7 Å². The molecule has 32 heavy (non-hydrogen) atoms. The van der Waals surface area contributed by atoms with E-state index in [2.05, 4.69) is 5.10 Å². The van der Waals surface area contributed by atoms with Gasteiger partial charge in [0.2, 0.25) is 10.0 Å². The van der Waals surface area contributed by atoms with Crippen molar-refractivity contribution >= 4 is 10.0 Å². The minimum absolute atomic E-state index is 0.0158. The van der Waals surface area contributed by atoms with Crippen LogP contribution in [0.15, 0.2) is 47.4 Å². The van der Waals surface area contributed by atoms with Gasteiger partial charge in [-0.05, 0) is 50.3 Å². The van der Waals surface area contributed by atoms with Gasteiger partial charge in [0.15, 0.2) is 5.69 Å². The summed E-state index contributed by atoms with van der Waals surface area (Å²) in [5.74, 6) is -0.646. The van der Waals surface area contributed by atoms with E-state index in [0.717, 1.165) is 10.7 Å². The van der Waals surface area contributed by atoms with Crippen LogP contribution in [0.4, 0.5) is 17.6 Å². The highest BCUT2D eigenvalue weighted by Crippen LogP contribution is 2.43. The Balaban J connectivity index is 2.30. The quantitative estimate of drug-likeness (QED) is 0.555. The molecule has 2 aromatic carbocycles. The Morgan fingerprint density at radius 3 is 2.16 bits per heavy atom. The van der Waals surface area contributed by atoms with Crippen LogP contribution in [-0.2, 0) is 22.7 Å². The highest BCUT2D eigenvalue weighted by atomic mass is 32.2. The summed E-state index contributed by atoms with van der Waals surface area (Å²) < 4.78 is 80.8. The molecule has 0 saturated carbocycles. The lowest BCUT2D eigenvalue weighted by atomic mass is 9.97. The Labute approximate surface area is 183 Å². The number of nitrogens with two attached hydrogens (primary N) is 1. The van der Waals surface area contributed by atoms with Crippen LogP contribution in [0.5, 0.6) is 0 Å². The molecule has 0 aliphatic heterocycles. The van der Waals surface area contributed by atoms with Crippen molar-refractivity contribution in [1.29, 1.82) is 0 Å². The van der Waals surface area contributed by atoms with Crippen molar-refractivity contribution in [2.45, 2.75) is 24.5 Å². The molecule has 0 atom stereocenters. The van der Waals surface area contributed by atoms with E-state index in [4.69, 9.17) is 5.14 Å². The predicted molar refractivity (Wildman–Crippen MR) is 113 cm³/mol. The first-order valence-corrected chi connectivity index (χ1v) is 11.1. The van der Waals surface area contributed by atoms with Crippen molar-refractivity contribution in [2.75, 3.05) is 20.6 Å². The normalized spacial score (nSPS) is 12.5. The van der Waals surface area contributed by atoms with Crippen LogP contribution in [0.3, 0.4) is 0 Å². The molecule has 11 heteroatoms. The third-order valence-electron chi connectivity index (χ3n) is 4.90. The minimum atomic E-state index is -4.77. The van der Waals surface area contributed by atoms with Gasteiger partial charge in [-0.15, -0.1) is 0 Å². The predicted octanol–water partition coefficient (Wildman–Crippen LogP) is 3.89. The minimum Gasteiger partial charge on any atom is -0.308 e. The summed E-state index contributed by atoms with van der Waals surface area (Å²) in [6.45, 7) is 1.74. The fraction of sp³-hybridized carbons (Fsp3) is 0.286. The Morgan fingerprint density at radius 2 is 1.66 bits per heavy atom. The van der Waals surface area contributed by atoms with Crippen molar-refractivity contribution in [2.24, 2.45) is 5.14 Å². The van der Waals surface area contributed by atoms with Crippen molar-refractivity contribution in [3.63, 3.8) is 0 Å². The molecule has 172 valence electrons. The van der Waals surface area contributed by atoms with Gasteiger partial charge >= 0.3 is 6.18 Å². The van der Waals surface area contributed by atoms with E-state index in [-0.39, 0.29) is 40.4 Å². The number of sulfonamides is 1. The van der Waals surface area contributed by atoms with Crippen LogP contribution >= 0.6 is 0 Å². The summed E-state index contributed by atoms with van der Waals surface area (Å²) in [6.07, 6.45) is -4.77. The van der Waals surface area contributed by atoms with E-state index >= 15 is 0 Å². The molecule has 6 nitrogen and oxygen atoms in total. The van der Waals surface area contributed by atoms with E-state index < -0.39 is 27.7 Å². The molecule has 0 saturated heterocycles. The molecule has 1 heterocycles. The first-order valence-electron chi connectivity index (χ1n) is 9.51. The molecule has 0 aliphatic carbocycles. The summed E-state index contributed by atoms with van der Waals surface area (Å²) in [5, 5.41) is 9.31. The summed E-state index contributed by atoms with van der Waals surface area (Å²) >= 11 is 0. The van der Waals surface area contributed by atoms with Crippen LogP contribution in [0.1, 0.15) is 11.3 Å². The molecule has 2 N–H and O–H groups in total. The number of aromatic nitrogens is 2. The second-order valence-corrected chi connectivity index (χ2v) is 9.19. The number of likely N-dealkylation sites (N-methyl/N-ethyl adjacent to an activating group) is 1. The Kier molecular flexibility index (Phi) is 6.45. The standard InChI is InChI=1S/C21H22F4N4O2S/c1-13-4-5-15(12-17(13)22)18-19(14-6-8-16(9-7-14)32(26,30)31)27-29(11-10-28(2)3)20(18)21(23,24)25/h4-9,12H,10-11H2,1-3H3,(H2,26,30,31). The number of aryl methyl sites for hydroxylation is 1. The fourth-order valence-electron chi connectivity index (χ4n) is 3.23. The van der Waals surface area contributed by atoms with Crippen LogP contribution < -0.4 is 5.14 Å². The SMILES string of the molecule is Cc1ccc(-c2c(-c3ccc(S(N)(=O)=O)cc3)nn(CCN(C)C)c2C(F)(F)F)cc1F. The third-order valence-corrected chi connectivity index (χ3v) is 5.83. The number of halogens is 4. The van der Waals surface area contributed by atoms with Gasteiger partial charge in [-0.25, -0.2) is 17.9 Å². The lowest BCUT2D eigenvalue weighted by Crippen LogP contribution is -2.23. The molecule has 0 aliphatic rings. The Morgan fingerprint density at radius 1 is 1.06 bits per heavy atom. The number of alkyl halides is 3. The topological polar surface area (TPSA) is 81.2 Å². The summed E-state index contributed by atoms with van der Waals surface area (Å²) in [6, 6.07) is 8.88. The molecule has 3 aromatic rings. The van der Waals surface area contributed by atoms with Gasteiger partial charge in [0, 0.05) is 17.7 Å². The molecular weight excluding hydrogens is 448 g/mol. The van der Waals surface area contributed by atoms with E-state index in [1.165, 1.54) is 43.3 Å². The number of rotatable bonds is 6. The molecule has 0 bridgehead atoms. The summed E-state index contributed by atoms with van der Waals surface area (Å²) in [5.41, 5.74) is -0.780. The first kappa shape index (κ1) is 23.9. The maximum Gasteiger partial charge on any atom is 0.433 e. The van der Waals surface area contributed by atoms with Crippen LogP contribution in [0, 0.1) is 12.7 Å². The lowest BCUT2D eigenvalue weighted by Gasteiger charge is -2.15. The Bertz CT molecular complexity index is 1230. The smallest absolute Gasteiger partial charge is 0.308 e. The number of primary sulfonamides is 1. The number of benzene rings is 2. The Hall–Kier alpha value is -2.76. The monoisotopic (exact) mass is 470 g/mol. The average Bonchev–Trinajstić information content (AvgIpc) is 3.08. The van der Waals surface area contributed by atoms with Gasteiger partial charge in [-0.2, -0.15) is 18.3 Å². The van der Waals surface area contributed by atoms with Gasteiger partial charge in [0.1, 0.15) is 11.5 Å².